The number of rotatable bonds is 7. The van der Waals surface area contributed by atoms with Gasteiger partial charge in [0.2, 0.25) is 11.6 Å². The van der Waals surface area contributed by atoms with Crippen LogP contribution in [-0.2, 0) is 0 Å². The van der Waals surface area contributed by atoms with Crippen LogP contribution in [0.4, 0.5) is 11.4 Å². The number of phenols is 2. The molecule has 0 radical (unpaired) electrons. The van der Waals surface area contributed by atoms with E-state index in [0.717, 1.165) is 19.3 Å². The Labute approximate surface area is 191 Å². The number of aromatic hydroxyl groups is 2. The summed E-state index contributed by atoms with van der Waals surface area (Å²) in [7, 11) is 0. The highest BCUT2D eigenvalue weighted by atomic mass is 16.5. The maximum Gasteiger partial charge on any atom is 0.200 e. The smallest absolute Gasteiger partial charge is 0.200 e. The topological polar surface area (TPSA) is 136 Å². The van der Waals surface area contributed by atoms with E-state index in [0.29, 0.717) is 23.5 Å². The zero-order valence-electron chi connectivity index (χ0n) is 18.4. The van der Waals surface area contributed by atoms with Gasteiger partial charge in [-0.3, -0.25) is 9.59 Å². The van der Waals surface area contributed by atoms with Crippen LogP contribution in [0.15, 0.2) is 42.5 Å². The molecular formula is C26H26N2O5. The second-order valence-corrected chi connectivity index (χ2v) is 8.13. The summed E-state index contributed by atoms with van der Waals surface area (Å²) in [6.07, 6.45) is 4.44. The first-order valence-electron chi connectivity index (χ1n) is 10.9. The number of carbonyl (C=O) groups excluding carboxylic acids is 2. The van der Waals surface area contributed by atoms with Gasteiger partial charge in [-0.2, -0.15) is 0 Å². The van der Waals surface area contributed by atoms with Gasteiger partial charge in [-0.15, -0.1) is 0 Å². The average molecular weight is 447 g/mol. The molecular weight excluding hydrogens is 420 g/mol. The quantitative estimate of drug-likeness (QED) is 0.184. The minimum absolute atomic E-state index is 0.0277. The molecule has 170 valence electrons. The van der Waals surface area contributed by atoms with E-state index in [1.807, 2.05) is 0 Å². The molecule has 0 saturated carbocycles. The number of carbonyl (C=O) groups is 2. The molecule has 33 heavy (non-hydrogen) atoms. The van der Waals surface area contributed by atoms with Crippen LogP contribution in [0, 0.1) is 0 Å². The Kier molecular flexibility index (Phi) is 5.96. The number of ketones is 2. The lowest BCUT2D eigenvalue weighted by atomic mass is 9.80. The van der Waals surface area contributed by atoms with Crippen molar-refractivity contribution >= 4 is 22.9 Å². The zero-order chi connectivity index (χ0) is 23.7. The van der Waals surface area contributed by atoms with Gasteiger partial charge in [0.05, 0.1) is 28.9 Å². The molecule has 3 aromatic carbocycles. The molecule has 0 aromatic heterocycles. The summed E-state index contributed by atoms with van der Waals surface area (Å²) in [6, 6.07) is 11.1. The first-order valence-corrected chi connectivity index (χ1v) is 10.9. The fourth-order valence-electron chi connectivity index (χ4n) is 4.16. The number of benzene rings is 3. The third-order valence-electron chi connectivity index (χ3n) is 5.89. The lowest BCUT2D eigenvalue weighted by molar-refractivity contribution is 0.0975. The summed E-state index contributed by atoms with van der Waals surface area (Å²) in [5.74, 6) is -1.35. The fraction of sp³-hybridized carbons (Fsp3) is 0.231. The number of unbranched alkanes of at least 4 members (excludes halogenated alkanes) is 3. The molecule has 0 atom stereocenters. The zero-order valence-corrected chi connectivity index (χ0v) is 18.4. The van der Waals surface area contributed by atoms with Crippen LogP contribution in [0.5, 0.6) is 17.2 Å². The lowest BCUT2D eigenvalue weighted by Crippen LogP contribution is -2.24. The maximum atomic E-state index is 13.3. The van der Waals surface area contributed by atoms with Crippen LogP contribution in [-0.4, -0.2) is 28.4 Å². The largest absolute Gasteiger partial charge is 0.507 e. The summed E-state index contributed by atoms with van der Waals surface area (Å²) in [5.41, 5.74) is 12.4. The molecule has 3 aromatic rings. The minimum Gasteiger partial charge on any atom is -0.507 e. The van der Waals surface area contributed by atoms with Crippen LogP contribution in [0.25, 0.3) is 11.1 Å². The van der Waals surface area contributed by atoms with Crippen molar-refractivity contribution in [3.05, 3.63) is 64.7 Å². The van der Waals surface area contributed by atoms with Crippen molar-refractivity contribution in [3.63, 3.8) is 0 Å². The third kappa shape index (κ3) is 3.86. The molecule has 0 amide bonds. The fourth-order valence-corrected chi connectivity index (χ4v) is 4.16. The highest BCUT2D eigenvalue weighted by molar-refractivity contribution is 6.33. The second-order valence-electron chi connectivity index (χ2n) is 8.13. The predicted octanol–water partition coefficient (Wildman–Crippen LogP) is 4.66. The van der Waals surface area contributed by atoms with Gasteiger partial charge in [0, 0.05) is 16.9 Å². The number of nitrogens with two attached hydrogens (primary N) is 2. The van der Waals surface area contributed by atoms with Gasteiger partial charge in [0.25, 0.3) is 0 Å². The van der Waals surface area contributed by atoms with Gasteiger partial charge in [-0.05, 0) is 42.3 Å². The van der Waals surface area contributed by atoms with E-state index in [4.69, 9.17) is 16.2 Å². The minimum atomic E-state index is -0.661. The van der Waals surface area contributed by atoms with Gasteiger partial charge >= 0.3 is 0 Å². The summed E-state index contributed by atoms with van der Waals surface area (Å²) in [6.45, 7) is 2.78. The number of phenolic OH excluding ortho intramolecular Hbond substituents is 2. The van der Waals surface area contributed by atoms with Crippen LogP contribution in [0.3, 0.4) is 0 Å². The first kappa shape index (κ1) is 22.2. The van der Waals surface area contributed by atoms with Gasteiger partial charge in [-0.25, -0.2) is 0 Å². The van der Waals surface area contributed by atoms with E-state index in [-0.39, 0.29) is 45.1 Å². The average Bonchev–Trinajstić information content (AvgIpc) is 2.80. The molecule has 6 N–H and O–H groups in total. The van der Waals surface area contributed by atoms with Crippen molar-refractivity contribution in [3.8, 4) is 28.4 Å². The van der Waals surface area contributed by atoms with E-state index in [2.05, 4.69) is 6.92 Å². The molecule has 0 heterocycles. The molecule has 1 aliphatic carbocycles. The first-order chi connectivity index (χ1) is 15.8. The van der Waals surface area contributed by atoms with E-state index >= 15 is 0 Å². The number of nitrogen functional groups attached to an aromatic ring is 2. The van der Waals surface area contributed by atoms with Gasteiger partial charge in [0.15, 0.2) is 0 Å². The van der Waals surface area contributed by atoms with Crippen LogP contribution >= 0.6 is 0 Å². The molecule has 0 fully saturated rings. The van der Waals surface area contributed by atoms with Gasteiger partial charge in [0.1, 0.15) is 17.2 Å². The van der Waals surface area contributed by atoms with Crippen molar-refractivity contribution in [1.82, 2.24) is 0 Å². The normalized spacial score (nSPS) is 12.4. The SMILES string of the molecule is CCCCCCOc1ccc(-c2cc(N)c3c(c2O)C(=O)c2c(N)ccc(O)c2C3=O)cc1. The maximum absolute atomic E-state index is 13.3. The Morgan fingerprint density at radius 2 is 1.45 bits per heavy atom. The third-order valence-corrected chi connectivity index (χ3v) is 5.89. The lowest BCUT2D eigenvalue weighted by Gasteiger charge is -2.23. The Morgan fingerprint density at radius 3 is 2.15 bits per heavy atom. The van der Waals surface area contributed by atoms with Gasteiger partial charge < -0.3 is 26.4 Å². The molecule has 0 saturated heterocycles. The molecule has 0 bridgehead atoms. The van der Waals surface area contributed by atoms with Crippen molar-refractivity contribution in [2.75, 3.05) is 18.1 Å². The van der Waals surface area contributed by atoms with Crippen LogP contribution in [0.1, 0.15) is 64.4 Å². The van der Waals surface area contributed by atoms with Crippen LogP contribution < -0.4 is 16.2 Å². The molecule has 0 unspecified atom stereocenters. The summed E-state index contributed by atoms with van der Waals surface area (Å²) in [5, 5.41) is 21.2. The van der Waals surface area contributed by atoms with Gasteiger partial charge in [-0.1, -0.05) is 38.3 Å². The van der Waals surface area contributed by atoms with E-state index < -0.39 is 11.6 Å². The highest BCUT2D eigenvalue weighted by Crippen LogP contribution is 2.45. The number of fused-ring (bicyclic) bond motifs is 2. The van der Waals surface area contributed by atoms with Crippen molar-refractivity contribution < 1.29 is 24.5 Å². The standard InChI is InChI=1S/C26H26N2O5/c1-2-3-4-5-12-33-15-8-6-14(7-9-15)16-13-18(28)21-23(24(16)30)26(32)20-17(27)10-11-19(29)22(20)25(21)31/h6-11,13,29-30H,2-5,12,27-28H2,1H3. The second kappa shape index (κ2) is 8.86. The molecule has 7 heteroatoms. The molecule has 4 rings (SSSR count). The number of anilines is 2. The van der Waals surface area contributed by atoms with Crippen molar-refractivity contribution in [2.24, 2.45) is 0 Å². The summed E-state index contributed by atoms with van der Waals surface area (Å²) >= 11 is 0. The molecule has 0 aliphatic heterocycles. The summed E-state index contributed by atoms with van der Waals surface area (Å²) < 4.78 is 5.76. The Bertz CT molecular complexity index is 1250. The number of hydrogen-bond donors (Lipinski definition) is 4. The Balaban J connectivity index is 1.70. The number of ether oxygens (including phenoxy) is 1. The van der Waals surface area contributed by atoms with Crippen molar-refractivity contribution in [2.45, 2.75) is 32.6 Å². The van der Waals surface area contributed by atoms with E-state index in [1.165, 1.54) is 24.6 Å². The molecule has 7 nitrogen and oxygen atoms in total. The Hall–Kier alpha value is -4.00. The Morgan fingerprint density at radius 1 is 0.788 bits per heavy atom. The molecule has 0 spiro atoms. The number of hydrogen-bond acceptors (Lipinski definition) is 7. The van der Waals surface area contributed by atoms with E-state index in [9.17, 15) is 19.8 Å². The monoisotopic (exact) mass is 446 g/mol. The van der Waals surface area contributed by atoms with E-state index in [1.54, 1.807) is 24.3 Å². The van der Waals surface area contributed by atoms with Crippen LogP contribution in [0.2, 0.25) is 0 Å². The van der Waals surface area contributed by atoms with Crippen molar-refractivity contribution in [1.29, 1.82) is 0 Å². The molecule has 1 aliphatic rings. The predicted molar refractivity (Wildman–Crippen MR) is 127 cm³/mol. The summed E-state index contributed by atoms with van der Waals surface area (Å²) in [4.78, 5) is 26.3. The highest BCUT2D eigenvalue weighted by Gasteiger charge is 2.38.